The second-order valence-electron chi connectivity index (χ2n) is 1.91. The Morgan fingerprint density at radius 1 is 1.55 bits per heavy atom. The monoisotopic (exact) mass is 155 g/mol. The molecule has 0 unspecified atom stereocenters. The SMILES string of the molecule is Nc1cccc(OC(=O)F)c1. The lowest BCUT2D eigenvalue weighted by atomic mass is 10.3. The molecule has 0 fully saturated rings. The van der Waals surface area contributed by atoms with Crippen molar-refractivity contribution in [2.24, 2.45) is 0 Å². The topological polar surface area (TPSA) is 52.3 Å². The van der Waals surface area contributed by atoms with Gasteiger partial charge >= 0.3 is 6.22 Å². The zero-order chi connectivity index (χ0) is 8.27. The second-order valence-corrected chi connectivity index (χ2v) is 1.91. The van der Waals surface area contributed by atoms with Crippen molar-refractivity contribution in [1.82, 2.24) is 0 Å². The summed E-state index contributed by atoms with van der Waals surface area (Å²) < 4.78 is 15.7. The van der Waals surface area contributed by atoms with E-state index in [4.69, 9.17) is 5.73 Å². The van der Waals surface area contributed by atoms with E-state index in [1.54, 1.807) is 12.1 Å². The van der Waals surface area contributed by atoms with Crippen LogP contribution in [0.5, 0.6) is 5.75 Å². The minimum absolute atomic E-state index is 0.109. The van der Waals surface area contributed by atoms with Crippen molar-refractivity contribution in [3.63, 3.8) is 0 Å². The minimum atomic E-state index is -1.84. The van der Waals surface area contributed by atoms with Crippen LogP contribution >= 0.6 is 0 Å². The van der Waals surface area contributed by atoms with Crippen LogP contribution in [0.4, 0.5) is 14.9 Å². The van der Waals surface area contributed by atoms with E-state index in [0.29, 0.717) is 5.69 Å². The molecule has 0 aliphatic heterocycles. The Bertz CT molecular complexity index is 275. The summed E-state index contributed by atoms with van der Waals surface area (Å²) in [5, 5.41) is 0. The molecule has 0 amide bonds. The Morgan fingerprint density at radius 3 is 2.82 bits per heavy atom. The van der Waals surface area contributed by atoms with Gasteiger partial charge < -0.3 is 10.5 Å². The maximum Gasteiger partial charge on any atom is 0.500 e. The first kappa shape index (κ1) is 7.53. The van der Waals surface area contributed by atoms with Gasteiger partial charge in [-0.2, -0.15) is 0 Å². The van der Waals surface area contributed by atoms with Gasteiger partial charge in [0.1, 0.15) is 5.75 Å². The van der Waals surface area contributed by atoms with Gasteiger partial charge in [0.05, 0.1) is 0 Å². The first-order chi connectivity index (χ1) is 5.18. The molecule has 1 aromatic rings. The molecule has 1 rings (SSSR count). The van der Waals surface area contributed by atoms with Gasteiger partial charge in [0.15, 0.2) is 0 Å². The van der Waals surface area contributed by atoms with Crippen LogP contribution in [0.1, 0.15) is 0 Å². The Morgan fingerprint density at radius 2 is 2.27 bits per heavy atom. The van der Waals surface area contributed by atoms with Crippen LogP contribution in [0.2, 0.25) is 0 Å². The van der Waals surface area contributed by atoms with Crippen LogP contribution < -0.4 is 10.5 Å². The molecule has 0 aromatic heterocycles. The second kappa shape index (κ2) is 3.01. The number of hydrogen-bond donors (Lipinski definition) is 1. The average Bonchev–Trinajstić information content (AvgIpc) is 1.85. The van der Waals surface area contributed by atoms with Crippen molar-refractivity contribution in [1.29, 1.82) is 0 Å². The van der Waals surface area contributed by atoms with Gasteiger partial charge in [0, 0.05) is 11.8 Å². The molecule has 0 heterocycles. The van der Waals surface area contributed by atoms with Crippen LogP contribution in [-0.4, -0.2) is 6.22 Å². The van der Waals surface area contributed by atoms with Crippen molar-refractivity contribution in [2.45, 2.75) is 0 Å². The molecule has 2 N–H and O–H groups in total. The number of halogens is 1. The van der Waals surface area contributed by atoms with Gasteiger partial charge in [-0.05, 0) is 12.1 Å². The highest BCUT2D eigenvalue weighted by molar-refractivity contribution is 5.63. The average molecular weight is 155 g/mol. The van der Waals surface area contributed by atoms with Crippen LogP contribution in [-0.2, 0) is 0 Å². The van der Waals surface area contributed by atoms with E-state index in [2.05, 4.69) is 4.74 Å². The first-order valence-electron chi connectivity index (χ1n) is 2.91. The number of ether oxygens (including phenoxy) is 1. The predicted molar refractivity (Wildman–Crippen MR) is 38.0 cm³/mol. The Hall–Kier alpha value is -1.58. The third kappa shape index (κ3) is 2.25. The highest BCUT2D eigenvalue weighted by Crippen LogP contribution is 2.14. The van der Waals surface area contributed by atoms with Crippen molar-refractivity contribution < 1.29 is 13.9 Å². The molecule has 0 saturated carbocycles. The number of carbonyl (C=O) groups excluding carboxylic acids is 1. The fourth-order valence-electron chi connectivity index (χ4n) is 0.671. The van der Waals surface area contributed by atoms with Crippen molar-refractivity contribution in [3.8, 4) is 5.75 Å². The lowest BCUT2D eigenvalue weighted by molar-refractivity contribution is 0.175. The zero-order valence-electron chi connectivity index (χ0n) is 5.58. The van der Waals surface area contributed by atoms with E-state index in [9.17, 15) is 9.18 Å². The molecule has 0 aliphatic carbocycles. The summed E-state index contributed by atoms with van der Waals surface area (Å²) in [6, 6.07) is 5.97. The lowest BCUT2D eigenvalue weighted by Crippen LogP contribution is -1.97. The summed E-state index contributed by atoms with van der Waals surface area (Å²) in [5.74, 6) is 0.109. The zero-order valence-corrected chi connectivity index (χ0v) is 5.58. The minimum Gasteiger partial charge on any atom is -0.401 e. The number of nitrogens with two attached hydrogens (primary N) is 1. The maximum atomic E-state index is 11.6. The molecule has 58 valence electrons. The van der Waals surface area contributed by atoms with Crippen molar-refractivity contribution in [2.75, 3.05) is 5.73 Å². The molecule has 0 radical (unpaired) electrons. The van der Waals surface area contributed by atoms with Gasteiger partial charge in [-0.25, -0.2) is 4.79 Å². The van der Waals surface area contributed by atoms with Crippen LogP contribution in [0.3, 0.4) is 0 Å². The quantitative estimate of drug-likeness (QED) is 0.496. The summed E-state index contributed by atoms with van der Waals surface area (Å²) in [5.41, 5.74) is 5.74. The number of hydrogen-bond acceptors (Lipinski definition) is 3. The molecular weight excluding hydrogens is 149 g/mol. The molecule has 0 bridgehead atoms. The van der Waals surface area contributed by atoms with Crippen molar-refractivity contribution >= 4 is 11.9 Å². The Labute approximate surface area is 62.6 Å². The molecule has 4 heteroatoms. The molecule has 0 aliphatic rings. The van der Waals surface area contributed by atoms with E-state index < -0.39 is 6.22 Å². The first-order valence-corrected chi connectivity index (χ1v) is 2.91. The lowest BCUT2D eigenvalue weighted by Gasteiger charge is -1.97. The molecule has 0 saturated heterocycles. The van der Waals surface area contributed by atoms with Crippen LogP contribution in [0, 0.1) is 0 Å². The molecule has 11 heavy (non-hydrogen) atoms. The van der Waals surface area contributed by atoms with Crippen molar-refractivity contribution in [3.05, 3.63) is 24.3 Å². The third-order valence-corrected chi connectivity index (χ3v) is 1.06. The summed E-state index contributed by atoms with van der Waals surface area (Å²) in [6.07, 6.45) is -1.84. The van der Waals surface area contributed by atoms with Crippen LogP contribution in [0.25, 0.3) is 0 Å². The van der Waals surface area contributed by atoms with E-state index >= 15 is 0 Å². The van der Waals surface area contributed by atoms with Gasteiger partial charge in [-0.1, -0.05) is 6.07 Å². The summed E-state index contributed by atoms with van der Waals surface area (Å²) in [7, 11) is 0. The largest absolute Gasteiger partial charge is 0.500 e. The Balaban J connectivity index is 2.79. The van der Waals surface area contributed by atoms with E-state index in [1.165, 1.54) is 12.1 Å². The number of nitrogen functional groups attached to an aromatic ring is 1. The summed E-state index contributed by atoms with van der Waals surface area (Å²) >= 11 is 0. The molecule has 0 atom stereocenters. The number of anilines is 1. The van der Waals surface area contributed by atoms with E-state index in [0.717, 1.165) is 0 Å². The van der Waals surface area contributed by atoms with Gasteiger partial charge in [-0.3, -0.25) is 0 Å². The molecule has 3 nitrogen and oxygen atoms in total. The van der Waals surface area contributed by atoms with Crippen LogP contribution in [0.15, 0.2) is 24.3 Å². The number of carbonyl (C=O) groups is 1. The Kier molecular flexibility index (Phi) is 2.06. The summed E-state index contributed by atoms with van der Waals surface area (Å²) in [4.78, 5) is 9.79. The standard InChI is InChI=1S/C7H6FNO2/c8-7(10)11-6-3-1-2-5(9)4-6/h1-4H,9H2. The maximum absolute atomic E-state index is 11.6. The summed E-state index contributed by atoms with van der Waals surface area (Å²) in [6.45, 7) is 0. The van der Waals surface area contributed by atoms with Gasteiger partial charge in [0.25, 0.3) is 0 Å². The third-order valence-electron chi connectivity index (χ3n) is 1.06. The van der Waals surface area contributed by atoms with Gasteiger partial charge in [0.2, 0.25) is 0 Å². The highest BCUT2D eigenvalue weighted by Gasteiger charge is 2.00. The molecule has 0 spiro atoms. The van der Waals surface area contributed by atoms with E-state index in [1.807, 2.05) is 0 Å². The normalized spacial score (nSPS) is 9.18. The predicted octanol–water partition coefficient (Wildman–Crippen LogP) is 1.74. The molecular formula is C7H6FNO2. The molecule has 1 aromatic carbocycles. The fourth-order valence-corrected chi connectivity index (χ4v) is 0.671. The number of benzene rings is 1. The smallest absolute Gasteiger partial charge is 0.401 e. The number of rotatable bonds is 1. The fraction of sp³-hybridized carbons (Fsp3) is 0. The van der Waals surface area contributed by atoms with E-state index in [-0.39, 0.29) is 5.75 Å². The highest BCUT2D eigenvalue weighted by atomic mass is 19.1. The van der Waals surface area contributed by atoms with Gasteiger partial charge in [-0.15, -0.1) is 4.39 Å².